The van der Waals surface area contributed by atoms with Crippen molar-refractivity contribution in [2.45, 2.75) is 0 Å². The molecule has 0 bridgehead atoms. The first-order chi connectivity index (χ1) is 13.4. The van der Waals surface area contributed by atoms with Crippen LogP contribution in [-0.4, -0.2) is 36.4 Å². The standard InChI is InChI=1S/C19H14FNO6S/c1-26-13-8-3-10(15(18(23)24)16(13)27-2)9-14-17(22)21(19(25)28-14)12-6-4-11(20)5-7-12/h3-9H,1-2H3,(H,23,24)/b14-9+. The number of carboxylic acids is 1. The number of anilines is 1. The van der Waals surface area contributed by atoms with E-state index in [1.165, 1.54) is 44.6 Å². The summed E-state index contributed by atoms with van der Waals surface area (Å²) in [5, 5.41) is 9.01. The molecule has 1 fully saturated rings. The number of amides is 2. The lowest BCUT2D eigenvalue weighted by molar-refractivity contribution is -0.113. The predicted molar refractivity (Wildman–Crippen MR) is 101 cm³/mol. The van der Waals surface area contributed by atoms with Crippen LogP contribution in [0.2, 0.25) is 0 Å². The molecule has 0 aliphatic carbocycles. The zero-order valence-corrected chi connectivity index (χ0v) is 15.6. The monoisotopic (exact) mass is 403 g/mol. The van der Waals surface area contributed by atoms with Crippen molar-refractivity contribution in [2.24, 2.45) is 0 Å². The number of hydrogen-bond donors (Lipinski definition) is 1. The zero-order valence-electron chi connectivity index (χ0n) is 14.8. The van der Waals surface area contributed by atoms with Gasteiger partial charge in [-0.2, -0.15) is 0 Å². The minimum atomic E-state index is -1.28. The quantitative estimate of drug-likeness (QED) is 0.760. The van der Waals surface area contributed by atoms with Crippen molar-refractivity contribution in [3.8, 4) is 11.5 Å². The second-order valence-corrected chi connectivity index (χ2v) is 6.56. The molecule has 1 heterocycles. The molecule has 144 valence electrons. The van der Waals surface area contributed by atoms with Gasteiger partial charge in [0.25, 0.3) is 11.1 Å². The number of ether oxygens (including phenoxy) is 2. The zero-order chi connectivity index (χ0) is 20.4. The lowest BCUT2D eigenvalue weighted by Crippen LogP contribution is -2.27. The van der Waals surface area contributed by atoms with Crippen molar-refractivity contribution in [3.63, 3.8) is 0 Å². The number of methoxy groups -OCH3 is 2. The Kier molecular flexibility index (Phi) is 5.36. The predicted octanol–water partition coefficient (Wildman–Crippen LogP) is 3.78. The summed E-state index contributed by atoms with van der Waals surface area (Å²) in [7, 11) is 2.67. The summed E-state index contributed by atoms with van der Waals surface area (Å²) in [6.45, 7) is 0. The van der Waals surface area contributed by atoms with E-state index >= 15 is 0 Å². The van der Waals surface area contributed by atoms with Crippen LogP contribution in [0.4, 0.5) is 14.9 Å². The molecule has 0 spiro atoms. The number of nitrogens with zero attached hydrogens (tertiary/aromatic N) is 1. The SMILES string of the molecule is COc1ccc(/C=C2/SC(=O)N(c3ccc(F)cc3)C2=O)c(C(=O)O)c1OC. The Labute approximate surface area is 163 Å². The van der Waals surface area contributed by atoms with E-state index in [1.807, 2.05) is 0 Å². The summed E-state index contributed by atoms with van der Waals surface area (Å²) in [4.78, 5) is 37.6. The lowest BCUT2D eigenvalue weighted by Gasteiger charge is -2.13. The molecule has 7 nitrogen and oxygen atoms in total. The number of carboxylic acid groups (broad SMARTS) is 1. The fourth-order valence-electron chi connectivity index (χ4n) is 2.70. The van der Waals surface area contributed by atoms with E-state index in [9.17, 15) is 23.9 Å². The summed E-state index contributed by atoms with van der Waals surface area (Å²) in [6.07, 6.45) is 1.31. The van der Waals surface area contributed by atoms with E-state index in [0.717, 1.165) is 17.0 Å². The van der Waals surface area contributed by atoms with Gasteiger partial charge in [-0.1, -0.05) is 6.07 Å². The molecule has 28 heavy (non-hydrogen) atoms. The normalized spacial score (nSPS) is 15.2. The average Bonchev–Trinajstić information content (AvgIpc) is 2.95. The Morgan fingerprint density at radius 1 is 1.11 bits per heavy atom. The van der Waals surface area contributed by atoms with E-state index in [2.05, 4.69) is 0 Å². The van der Waals surface area contributed by atoms with Gasteiger partial charge < -0.3 is 14.6 Å². The van der Waals surface area contributed by atoms with Crippen LogP contribution < -0.4 is 14.4 Å². The summed E-state index contributed by atoms with van der Waals surface area (Å²) in [6, 6.07) is 7.86. The maximum absolute atomic E-state index is 13.1. The molecule has 3 rings (SSSR count). The van der Waals surface area contributed by atoms with Crippen LogP contribution in [0.5, 0.6) is 11.5 Å². The van der Waals surface area contributed by atoms with E-state index in [1.54, 1.807) is 0 Å². The van der Waals surface area contributed by atoms with Crippen LogP contribution in [0.1, 0.15) is 15.9 Å². The van der Waals surface area contributed by atoms with Crippen molar-refractivity contribution >= 4 is 40.6 Å². The van der Waals surface area contributed by atoms with Gasteiger partial charge >= 0.3 is 5.97 Å². The topological polar surface area (TPSA) is 93.1 Å². The molecular weight excluding hydrogens is 389 g/mol. The van der Waals surface area contributed by atoms with E-state index < -0.39 is 22.9 Å². The first-order valence-corrected chi connectivity index (χ1v) is 8.70. The third-order valence-electron chi connectivity index (χ3n) is 3.96. The molecular formula is C19H14FNO6S. The molecule has 9 heteroatoms. The highest BCUT2D eigenvalue weighted by molar-refractivity contribution is 8.19. The Bertz CT molecular complexity index is 1000. The van der Waals surface area contributed by atoms with Gasteiger partial charge in [0.15, 0.2) is 11.5 Å². The number of hydrogen-bond acceptors (Lipinski definition) is 6. The number of thioether (sulfide) groups is 1. The molecule has 0 radical (unpaired) electrons. The molecule has 0 saturated carbocycles. The second-order valence-electron chi connectivity index (χ2n) is 5.56. The number of carbonyl (C=O) groups excluding carboxylic acids is 2. The van der Waals surface area contributed by atoms with Crippen LogP contribution in [0.3, 0.4) is 0 Å². The van der Waals surface area contributed by atoms with Gasteiger partial charge in [0, 0.05) is 0 Å². The van der Waals surface area contributed by atoms with Crippen LogP contribution >= 0.6 is 11.8 Å². The summed E-state index contributed by atoms with van der Waals surface area (Å²) in [5.41, 5.74) is 0.197. The van der Waals surface area contributed by atoms with Gasteiger partial charge in [-0.3, -0.25) is 9.59 Å². The molecule has 1 saturated heterocycles. The van der Waals surface area contributed by atoms with Crippen LogP contribution in [0, 0.1) is 5.82 Å². The van der Waals surface area contributed by atoms with Crippen molar-refractivity contribution in [2.75, 3.05) is 19.1 Å². The van der Waals surface area contributed by atoms with Crippen molar-refractivity contribution in [3.05, 3.63) is 58.2 Å². The van der Waals surface area contributed by atoms with Gasteiger partial charge in [0.1, 0.15) is 11.4 Å². The molecule has 1 aliphatic rings. The van der Waals surface area contributed by atoms with Crippen LogP contribution in [0.15, 0.2) is 41.3 Å². The Morgan fingerprint density at radius 2 is 1.79 bits per heavy atom. The number of benzene rings is 2. The van der Waals surface area contributed by atoms with Crippen LogP contribution in [0.25, 0.3) is 6.08 Å². The second kappa shape index (κ2) is 7.73. The highest BCUT2D eigenvalue weighted by Crippen LogP contribution is 2.39. The number of rotatable bonds is 5. The molecule has 2 aromatic rings. The van der Waals surface area contributed by atoms with Crippen molar-refractivity contribution in [1.82, 2.24) is 0 Å². The molecule has 2 aromatic carbocycles. The maximum atomic E-state index is 13.1. The highest BCUT2D eigenvalue weighted by atomic mass is 32.2. The molecule has 0 aromatic heterocycles. The van der Waals surface area contributed by atoms with Gasteiger partial charge in [0.2, 0.25) is 0 Å². The minimum Gasteiger partial charge on any atom is -0.493 e. The lowest BCUT2D eigenvalue weighted by atomic mass is 10.0. The molecule has 1 N–H and O–H groups in total. The number of halogens is 1. The van der Waals surface area contributed by atoms with E-state index in [4.69, 9.17) is 9.47 Å². The summed E-state index contributed by atoms with van der Waals surface area (Å²) >= 11 is 0.659. The molecule has 0 atom stereocenters. The van der Waals surface area contributed by atoms with Crippen molar-refractivity contribution < 1.29 is 33.4 Å². The van der Waals surface area contributed by atoms with Crippen molar-refractivity contribution in [1.29, 1.82) is 0 Å². The fraction of sp³-hybridized carbons (Fsp3) is 0.105. The third-order valence-corrected chi connectivity index (χ3v) is 4.83. The van der Waals surface area contributed by atoms with Crippen LogP contribution in [-0.2, 0) is 4.79 Å². The largest absolute Gasteiger partial charge is 0.493 e. The Balaban J connectivity index is 2.05. The van der Waals surface area contributed by atoms with E-state index in [0.29, 0.717) is 11.8 Å². The highest BCUT2D eigenvalue weighted by Gasteiger charge is 2.36. The van der Waals surface area contributed by atoms with Gasteiger partial charge in [-0.25, -0.2) is 14.1 Å². The fourth-order valence-corrected chi connectivity index (χ4v) is 3.54. The first kappa shape index (κ1) is 19.4. The number of imide groups is 1. The maximum Gasteiger partial charge on any atom is 0.340 e. The number of aromatic carboxylic acids is 1. The molecule has 1 aliphatic heterocycles. The average molecular weight is 403 g/mol. The van der Waals surface area contributed by atoms with Gasteiger partial charge in [-0.15, -0.1) is 0 Å². The van der Waals surface area contributed by atoms with Gasteiger partial charge in [0.05, 0.1) is 24.8 Å². The first-order valence-electron chi connectivity index (χ1n) is 7.89. The van der Waals surface area contributed by atoms with E-state index in [-0.39, 0.29) is 33.2 Å². The molecule has 0 unspecified atom stereocenters. The molecule has 2 amide bonds. The smallest absolute Gasteiger partial charge is 0.340 e. The Hall–Kier alpha value is -3.33. The van der Waals surface area contributed by atoms with Gasteiger partial charge in [-0.05, 0) is 53.7 Å². The minimum absolute atomic E-state index is 0.00140. The summed E-state index contributed by atoms with van der Waals surface area (Å²) in [5.74, 6) is -2.19. The third kappa shape index (κ3) is 3.44. The summed E-state index contributed by atoms with van der Waals surface area (Å²) < 4.78 is 23.3. The Morgan fingerprint density at radius 3 is 2.36 bits per heavy atom. The number of carbonyl (C=O) groups is 3.